The van der Waals surface area contributed by atoms with Crippen LogP contribution in [0.4, 0.5) is 11.4 Å². The molecule has 7 heteroatoms. The van der Waals surface area contributed by atoms with Gasteiger partial charge in [-0.1, -0.05) is 33.1 Å². The van der Waals surface area contributed by atoms with Crippen LogP contribution in [0.25, 0.3) is 0 Å². The van der Waals surface area contributed by atoms with E-state index in [1.807, 2.05) is 0 Å². The molecule has 0 aliphatic rings. The number of carbonyl (C=O) groups is 2. The van der Waals surface area contributed by atoms with Crippen LogP contribution in [-0.4, -0.2) is 23.3 Å². The maximum absolute atomic E-state index is 11.8. The number of nitrogens with zero attached hydrogens (tertiary/aromatic N) is 1. The van der Waals surface area contributed by atoms with Crippen molar-refractivity contribution in [3.05, 3.63) is 34.4 Å². The van der Waals surface area contributed by atoms with Crippen molar-refractivity contribution in [3.63, 3.8) is 0 Å². The summed E-state index contributed by atoms with van der Waals surface area (Å²) >= 11 is 0. The van der Waals surface area contributed by atoms with Gasteiger partial charge in [-0.25, -0.2) is 0 Å². The Kier molecular flexibility index (Phi) is 9.21. The van der Waals surface area contributed by atoms with Gasteiger partial charge in [0.2, 0.25) is 11.8 Å². The van der Waals surface area contributed by atoms with Gasteiger partial charge in [-0.3, -0.25) is 19.7 Å². The Morgan fingerprint density at radius 2 is 1.76 bits per heavy atom. The van der Waals surface area contributed by atoms with Crippen LogP contribution in [0.5, 0.6) is 0 Å². The number of non-ortho nitro benzene ring substituents is 1. The molecule has 0 radical (unpaired) electrons. The van der Waals surface area contributed by atoms with Crippen molar-refractivity contribution in [2.24, 2.45) is 5.92 Å². The first-order chi connectivity index (χ1) is 12.0. The van der Waals surface area contributed by atoms with Gasteiger partial charge in [0, 0.05) is 37.2 Å². The van der Waals surface area contributed by atoms with Gasteiger partial charge < -0.3 is 10.6 Å². The second-order valence-electron chi connectivity index (χ2n) is 6.07. The van der Waals surface area contributed by atoms with Gasteiger partial charge in [-0.15, -0.1) is 0 Å². The number of amides is 2. The normalized spacial score (nSPS) is 11.6. The van der Waals surface area contributed by atoms with Crippen LogP contribution in [0.15, 0.2) is 24.3 Å². The fourth-order valence-corrected chi connectivity index (χ4v) is 2.41. The van der Waals surface area contributed by atoms with E-state index >= 15 is 0 Å². The molecule has 7 nitrogen and oxygen atoms in total. The summed E-state index contributed by atoms with van der Waals surface area (Å²) in [6.07, 6.45) is 4.64. The average molecular weight is 349 g/mol. The number of hydrogen-bond donors (Lipinski definition) is 2. The molecule has 0 aromatic heterocycles. The van der Waals surface area contributed by atoms with Crippen LogP contribution in [0, 0.1) is 16.0 Å². The number of nitro benzene ring substituents is 1. The van der Waals surface area contributed by atoms with Crippen molar-refractivity contribution >= 4 is 23.2 Å². The molecule has 138 valence electrons. The zero-order chi connectivity index (χ0) is 18.7. The molecule has 0 heterocycles. The highest BCUT2D eigenvalue weighted by atomic mass is 16.6. The minimum Gasteiger partial charge on any atom is -0.356 e. The molecular formula is C18H27N3O4. The molecule has 0 fully saturated rings. The number of nitrogens with one attached hydrogen (secondary N) is 2. The molecule has 2 amide bonds. The Balaban J connectivity index is 2.30. The van der Waals surface area contributed by atoms with Crippen LogP contribution in [0.2, 0.25) is 0 Å². The Hall–Kier alpha value is -2.44. The number of carbonyl (C=O) groups excluding carboxylic acids is 2. The van der Waals surface area contributed by atoms with Gasteiger partial charge in [0.05, 0.1) is 4.92 Å². The van der Waals surface area contributed by atoms with E-state index in [-0.39, 0.29) is 30.3 Å². The number of hydrogen-bond acceptors (Lipinski definition) is 4. The van der Waals surface area contributed by atoms with E-state index in [1.54, 1.807) is 0 Å². The van der Waals surface area contributed by atoms with E-state index in [2.05, 4.69) is 24.5 Å². The van der Waals surface area contributed by atoms with Crippen molar-refractivity contribution < 1.29 is 14.5 Å². The van der Waals surface area contributed by atoms with Crippen LogP contribution in [-0.2, 0) is 9.59 Å². The molecule has 0 saturated carbocycles. The average Bonchev–Trinajstić information content (AvgIpc) is 2.60. The zero-order valence-corrected chi connectivity index (χ0v) is 14.9. The highest BCUT2D eigenvalue weighted by Crippen LogP contribution is 2.15. The first kappa shape index (κ1) is 20.6. The third-order valence-corrected chi connectivity index (χ3v) is 4.07. The SMILES string of the molecule is CCCCC(CC)CNC(=O)CCC(=O)Nc1ccc([N+](=O)[O-])cc1. The highest BCUT2D eigenvalue weighted by molar-refractivity contribution is 5.93. The van der Waals surface area contributed by atoms with E-state index in [9.17, 15) is 19.7 Å². The minimum absolute atomic E-state index is 0.0362. The lowest BCUT2D eigenvalue weighted by atomic mass is 9.99. The molecule has 0 aliphatic heterocycles. The van der Waals surface area contributed by atoms with Gasteiger partial charge in [-0.2, -0.15) is 0 Å². The van der Waals surface area contributed by atoms with Crippen molar-refractivity contribution in [1.82, 2.24) is 5.32 Å². The van der Waals surface area contributed by atoms with Crippen LogP contribution < -0.4 is 10.6 Å². The molecule has 0 saturated heterocycles. The summed E-state index contributed by atoms with van der Waals surface area (Å²) in [5.41, 5.74) is 0.438. The molecule has 0 spiro atoms. The number of anilines is 1. The highest BCUT2D eigenvalue weighted by Gasteiger charge is 2.11. The molecule has 1 atom stereocenters. The summed E-state index contributed by atoms with van der Waals surface area (Å²) in [5.74, 6) is 0.0636. The maximum Gasteiger partial charge on any atom is 0.269 e. The number of unbranched alkanes of at least 4 members (excludes halogenated alkanes) is 1. The molecule has 1 rings (SSSR count). The predicted molar refractivity (Wildman–Crippen MR) is 97.3 cm³/mol. The van der Waals surface area contributed by atoms with Gasteiger partial charge >= 0.3 is 0 Å². The monoisotopic (exact) mass is 349 g/mol. The van der Waals surface area contributed by atoms with Crippen molar-refractivity contribution in [1.29, 1.82) is 0 Å². The molecule has 0 aliphatic carbocycles. The summed E-state index contributed by atoms with van der Waals surface area (Å²) in [7, 11) is 0. The third-order valence-electron chi connectivity index (χ3n) is 4.07. The number of nitro groups is 1. The van der Waals surface area contributed by atoms with Gasteiger partial charge in [0.25, 0.3) is 5.69 Å². The van der Waals surface area contributed by atoms with E-state index in [4.69, 9.17) is 0 Å². The van der Waals surface area contributed by atoms with E-state index in [1.165, 1.54) is 24.3 Å². The van der Waals surface area contributed by atoms with Crippen molar-refractivity contribution in [3.8, 4) is 0 Å². The summed E-state index contributed by atoms with van der Waals surface area (Å²) in [6.45, 7) is 4.91. The first-order valence-electron chi connectivity index (χ1n) is 8.77. The van der Waals surface area contributed by atoms with Crippen molar-refractivity contribution in [2.75, 3.05) is 11.9 Å². The summed E-state index contributed by atoms with van der Waals surface area (Å²) < 4.78 is 0. The Labute approximate surface area is 148 Å². The van der Waals surface area contributed by atoms with Gasteiger partial charge in [0.1, 0.15) is 0 Å². The molecule has 0 bridgehead atoms. The lowest BCUT2D eigenvalue weighted by molar-refractivity contribution is -0.384. The Morgan fingerprint density at radius 3 is 2.32 bits per heavy atom. The fourth-order valence-electron chi connectivity index (χ4n) is 2.41. The zero-order valence-electron chi connectivity index (χ0n) is 14.9. The number of benzene rings is 1. The molecule has 1 aromatic carbocycles. The number of rotatable bonds is 11. The van der Waals surface area contributed by atoms with E-state index < -0.39 is 4.92 Å². The lowest BCUT2D eigenvalue weighted by Gasteiger charge is -2.15. The van der Waals surface area contributed by atoms with Gasteiger partial charge in [-0.05, 0) is 24.5 Å². The molecule has 2 N–H and O–H groups in total. The summed E-state index contributed by atoms with van der Waals surface area (Å²) in [4.78, 5) is 33.8. The van der Waals surface area contributed by atoms with Gasteiger partial charge in [0.15, 0.2) is 0 Å². The Morgan fingerprint density at radius 1 is 1.12 bits per heavy atom. The standard InChI is InChI=1S/C18H27N3O4/c1-3-5-6-14(4-2)13-19-17(22)11-12-18(23)20-15-7-9-16(10-8-15)21(24)25/h7-10,14H,3-6,11-13H2,1-2H3,(H,19,22)(H,20,23). The van der Waals surface area contributed by atoms with Crippen molar-refractivity contribution in [2.45, 2.75) is 52.4 Å². The molecular weight excluding hydrogens is 322 g/mol. The Bertz CT molecular complexity index is 572. The van der Waals surface area contributed by atoms with Crippen LogP contribution in [0.1, 0.15) is 52.4 Å². The lowest BCUT2D eigenvalue weighted by Crippen LogP contribution is -2.29. The smallest absolute Gasteiger partial charge is 0.269 e. The molecule has 1 unspecified atom stereocenters. The van der Waals surface area contributed by atoms with E-state index in [0.29, 0.717) is 18.2 Å². The van der Waals surface area contributed by atoms with Crippen LogP contribution in [0.3, 0.4) is 0 Å². The topological polar surface area (TPSA) is 101 Å². The quantitative estimate of drug-likeness (QED) is 0.470. The molecule has 1 aromatic rings. The van der Waals surface area contributed by atoms with E-state index in [0.717, 1.165) is 25.7 Å². The second-order valence-corrected chi connectivity index (χ2v) is 6.07. The second kappa shape index (κ2) is 11.2. The third kappa shape index (κ3) is 8.28. The minimum atomic E-state index is -0.500. The summed E-state index contributed by atoms with van der Waals surface area (Å²) in [6, 6.07) is 5.58. The van der Waals surface area contributed by atoms with Crippen LogP contribution >= 0.6 is 0 Å². The maximum atomic E-state index is 11.8. The predicted octanol–water partition coefficient (Wildman–Crippen LogP) is 3.65. The summed E-state index contributed by atoms with van der Waals surface area (Å²) in [5, 5.41) is 16.1. The molecule has 25 heavy (non-hydrogen) atoms. The fraction of sp³-hybridized carbons (Fsp3) is 0.556. The largest absolute Gasteiger partial charge is 0.356 e. The first-order valence-corrected chi connectivity index (χ1v) is 8.77.